The van der Waals surface area contributed by atoms with Crippen LogP contribution in [0.1, 0.15) is 50.1 Å². The Labute approximate surface area is 123 Å². The van der Waals surface area contributed by atoms with Gasteiger partial charge in [0.25, 0.3) is 0 Å². The average molecular weight is 316 g/mol. The summed E-state index contributed by atoms with van der Waals surface area (Å²) in [4.78, 5) is 10.8. The van der Waals surface area contributed by atoms with E-state index >= 15 is 0 Å². The lowest BCUT2D eigenvalue weighted by Gasteiger charge is -2.22. The number of tetrazole rings is 1. The second-order valence-electron chi connectivity index (χ2n) is 5.44. The number of carboxylic acid groups (broad SMARTS) is 1. The summed E-state index contributed by atoms with van der Waals surface area (Å²) in [5.41, 5.74) is 0. The molecule has 0 bridgehead atoms. The first-order valence-corrected chi connectivity index (χ1v) is 8.85. The predicted molar refractivity (Wildman–Crippen MR) is 74.2 cm³/mol. The van der Waals surface area contributed by atoms with Gasteiger partial charge < -0.3 is 5.11 Å². The minimum absolute atomic E-state index is 0.0210. The Morgan fingerprint density at radius 3 is 2.86 bits per heavy atom. The molecule has 1 N–H and O–H groups in total. The van der Waals surface area contributed by atoms with Crippen LogP contribution in [0, 0.1) is 5.92 Å². The molecular weight excluding hydrogens is 296 g/mol. The molecule has 21 heavy (non-hydrogen) atoms. The van der Waals surface area contributed by atoms with Crippen LogP contribution in [-0.4, -0.2) is 45.5 Å². The molecule has 8 nitrogen and oxygen atoms in total. The van der Waals surface area contributed by atoms with E-state index in [4.69, 9.17) is 5.11 Å². The van der Waals surface area contributed by atoms with E-state index in [-0.39, 0.29) is 18.1 Å². The summed E-state index contributed by atoms with van der Waals surface area (Å²) < 4.78 is 25.8. The molecule has 1 aliphatic rings. The van der Waals surface area contributed by atoms with Gasteiger partial charge in [0.05, 0.1) is 5.75 Å². The zero-order valence-electron chi connectivity index (χ0n) is 12.0. The highest BCUT2D eigenvalue weighted by atomic mass is 32.2. The molecule has 0 amide bonds. The Balaban J connectivity index is 2.20. The van der Waals surface area contributed by atoms with Gasteiger partial charge in [-0.3, -0.25) is 4.79 Å². The summed E-state index contributed by atoms with van der Waals surface area (Å²) in [7, 11) is -3.21. The van der Waals surface area contributed by atoms with E-state index in [9.17, 15) is 13.2 Å². The summed E-state index contributed by atoms with van der Waals surface area (Å²) in [6.45, 7) is 2.23. The molecular formula is C12H20N4O4S. The lowest BCUT2D eigenvalue weighted by Crippen LogP contribution is -2.26. The van der Waals surface area contributed by atoms with Crippen molar-refractivity contribution in [3.05, 3.63) is 5.82 Å². The standard InChI is InChI=1S/C12H20N4O4S/c1-2-9(7-11(17)18)8-16-12(13-14-15-16)10-5-3-4-6-21(10,19)20/h9-10H,2-8H2,1H3,(H,17,18). The highest BCUT2D eigenvalue weighted by molar-refractivity contribution is 7.91. The fourth-order valence-electron chi connectivity index (χ4n) is 2.65. The predicted octanol–water partition coefficient (Wildman–Crippen LogP) is 0.814. The molecule has 1 aromatic rings. The maximum Gasteiger partial charge on any atom is 0.303 e. The summed E-state index contributed by atoms with van der Waals surface area (Å²) in [6, 6.07) is 0. The van der Waals surface area contributed by atoms with Crippen LogP contribution in [0.4, 0.5) is 0 Å². The molecule has 0 spiro atoms. The summed E-state index contributed by atoms with van der Waals surface area (Å²) in [6.07, 6.45) is 2.73. The number of hydrogen-bond acceptors (Lipinski definition) is 6. The van der Waals surface area contributed by atoms with Crippen molar-refractivity contribution in [3.8, 4) is 0 Å². The Hall–Kier alpha value is -1.51. The number of sulfone groups is 1. The van der Waals surface area contributed by atoms with Crippen molar-refractivity contribution in [2.24, 2.45) is 5.92 Å². The SMILES string of the molecule is CCC(CC(=O)O)Cn1nnnc1C1CCCCS1(=O)=O. The average Bonchev–Trinajstić information content (AvgIpc) is 2.84. The zero-order valence-corrected chi connectivity index (χ0v) is 12.8. The van der Waals surface area contributed by atoms with Crippen LogP contribution in [0.2, 0.25) is 0 Å². The zero-order chi connectivity index (χ0) is 15.5. The summed E-state index contributed by atoms with van der Waals surface area (Å²) in [5, 5.41) is 19.5. The normalized spacial score (nSPS) is 22.8. The van der Waals surface area contributed by atoms with E-state index in [0.29, 0.717) is 31.6 Å². The van der Waals surface area contributed by atoms with Crippen LogP contribution in [0.15, 0.2) is 0 Å². The van der Waals surface area contributed by atoms with Crippen LogP contribution >= 0.6 is 0 Å². The molecule has 0 radical (unpaired) electrons. The van der Waals surface area contributed by atoms with Crippen molar-refractivity contribution in [3.63, 3.8) is 0 Å². The van der Waals surface area contributed by atoms with Crippen molar-refractivity contribution >= 4 is 15.8 Å². The maximum atomic E-state index is 12.2. The van der Waals surface area contributed by atoms with E-state index in [0.717, 1.165) is 6.42 Å². The van der Waals surface area contributed by atoms with E-state index in [1.54, 1.807) is 0 Å². The number of rotatable bonds is 6. The molecule has 2 unspecified atom stereocenters. The van der Waals surface area contributed by atoms with Gasteiger partial charge in [0, 0.05) is 13.0 Å². The first-order valence-electron chi connectivity index (χ1n) is 7.13. The largest absolute Gasteiger partial charge is 0.481 e. The first kappa shape index (κ1) is 15.9. The third-order valence-electron chi connectivity index (χ3n) is 3.90. The van der Waals surface area contributed by atoms with Crippen molar-refractivity contribution in [1.82, 2.24) is 20.2 Å². The maximum absolute atomic E-state index is 12.2. The molecule has 1 aromatic heterocycles. The number of carbonyl (C=O) groups is 1. The minimum atomic E-state index is -3.21. The number of aromatic nitrogens is 4. The van der Waals surface area contributed by atoms with Gasteiger partial charge in [-0.05, 0) is 29.2 Å². The van der Waals surface area contributed by atoms with Crippen molar-refractivity contribution in [2.75, 3.05) is 5.75 Å². The van der Waals surface area contributed by atoms with Crippen LogP contribution in [0.5, 0.6) is 0 Å². The van der Waals surface area contributed by atoms with Gasteiger partial charge in [0.15, 0.2) is 15.7 Å². The van der Waals surface area contributed by atoms with Gasteiger partial charge in [0.2, 0.25) is 0 Å². The highest BCUT2D eigenvalue weighted by Crippen LogP contribution is 2.32. The molecule has 0 aromatic carbocycles. The second kappa shape index (κ2) is 6.50. The van der Waals surface area contributed by atoms with Crippen molar-refractivity contribution in [1.29, 1.82) is 0 Å². The molecule has 9 heteroatoms. The van der Waals surface area contributed by atoms with E-state index in [2.05, 4.69) is 15.5 Å². The Kier molecular flexibility index (Phi) is 4.92. The van der Waals surface area contributed by atoms with Crippen molar-refractivity contribution in [2.45, 2.75) is 50.8 Å². The molecule has 1 saturated heterocycles. The van der Waals surface area contributed by atoms with E-state index in [1.807, 2.05) is 6.92 Å². The Morgan fingerprint density at radius 2 is 2.24 bits per heavy atom. The fraction of sp³-hybridized carbons (Fsp3) is 0.833. The molecule has 2 rings (SSSR count). The fourth-order valence-corrected chi connectivity index (χ4v) is 4.55. The quantitative estimate of drug-likeness (QED) is 0.825. The van der Waals surface area contributed by atoms with Crippen LogP contribution in [0.3, 0.4) is 0 Å². The van der Waals surface area contributed by atoms with Crippen LogP contribution in [0.25, 0.3) is 0 Å². The molecule has 1 fully saturated rings. The Morgan fingerprint density at radius 1 is 1.48 bits per heavy atom. The van der Waals surface area contributed by atoms with Gasteiger partial charge in [-0.15, -0.1) is 5.10 Å². The van der Waals surface area contributed by atoms with Gasteiger partial charge in [0.1, 0.15) is 5.25 Å². The third kappa shape index (κ3) is 3.78. The van der Waals surface area contributed by atoms with Gasteiger partial charge in [-0.2, -0.15) is 0 Å². The number of nitrogens with zero attached hydrogens (tertiary/aromatic N) is 4. The molecule has 2 heterocycles. The summed E-state index contributed by atoms with van der Waals surface area (Å²) >= 11 is 0. The van der Waals surface area contributed by atoms with E-state index < -0.39 is 21.1 Å². The summed E-state index contributed by atoms with van der Waals surface area (Å²) in [5.74, 6) is -0.479. The molecule has 118 valence electrons. The number of carboxylic acids is 1. The monoisotopic (exact) mass is 316 g/mol. The van der Waals surface area contributed by atoms with Crippen LogP contribution < -0.4 is 0 Å². The van der Waals surface area contributed by atoms with Gasteiger partial charge in [-0.25, -0.2) is 13.1 Å². The number of aliphatic carboxylic acids is 1. The highest BCUT2D eigenvalue weighted by Gasteiger charge is 2.34. The third-order valence-corrected chi connectivity index (χ3v) is 6.07. The Bertz CT molecular complexity index is 598. The minimum Gasteiger partial charge on any atom is -0.481 e. The molecule has 0 saturated carbocycles. The van der Waals surface area contributed by atoms with Crippen molar-refractivity contribution < 1.29 is 18.3 Å². The second-order valence-corrected chi connectivity index (χ2v) is 7.75. The lowest BCUT2D eigenvalue weighted by molar-refractivity contribution is -0.138. The van der Waals surface area contributed by atoms with Gasteiger partial charge >= 0.3 is 5.97 Å². The first-order chi connectivity index (χ1) is 9.94. The van der Waals surface area contributed by atoms with Crippen LogP contribution in [-0.2, 0) is 21.2 Å². The topological polar surface area (TPSA) is 115 Å². The number of hydrogen-bond donors (Lipinski definition) is 1. The smallest absolute Gasteiger partial charge is 0.303 e. The molecule has 1 aliphatic heterocycles. The van der Waals surface area contributed by atoms with E-state index in [1.165, 1.54) is 4.68 Å². The van der Waals surface area contributed by atoms with Gasteiger partial charge in [-0.1, -0.05) is 19.8 Å². The lowest BCUT2D eigenvalue weighted by atomic mass is 10.0. The molecule has 2 atom stereocenters. The molecule has 0 aliphatic carbocycles.